The normalized spacial score (nSPS) is 10.9. The second kappa shape index (κ2) is 7.90. The number of esters is 1. The standard InChI is InChI=1S/C16H12F3NO3/c1-3-23-15(22)14(20-11(2)21)6-4-5-12-7-9-13(10-8-12)16(17,18)19/h6-7,9H,3H2,1-2H3,(H,20,21)/b14-6-. The summed E-state index contributed by atoms with van der Waals surface area (Å²) in [5, 5.41) is 2.26. The van der Waals surface area contributed by atoms with Gasteiger partial charge in [0.15, 0.2) is 0 Å². The molecule has 0 heterocycles. The van der Waals surface area contributed by atoms with Crippen molar-refractivity contribution in [3.05, 3.63) is 47.2 Å². The van der Waals surface area contributed by atoms with Gasteiger partial charge in [-0.2, -0.15) is 13.2 Å². The van der Waals surface area contributed by atoms with E-state index in [1.54, 1.807) is 6.92 Å². The van der Waals surface area contributed by atoms with Gasteiger partial charge in [0.05, 0.1) is 12.2 Å². The van der Waals surface area contributed by atoms with E-state index in [0.29, 0.717) is 0 Å². The van der Waals surface area contributed by atoms with Crippen molar-refractivity contribution < 1.29 is 27.5 Å². The number of allylic oxidation sites excluding steroid dienone is 1. The molecule has 23 heavy (non-hydrogen) atoms. The van der Waals surface area contributed by atoms with Gasteiger partial charge < -0.3 is 10.1 Å². The van der Waals surface area contributed by atoms with E-state index in [1.165, 1.54) is 6.92 Å². The molecule has 120 valence electrons. The first kappa shape index (κ1) is 18.1. The van der Waals surface area contributed by atoms with Crippen LogP contribution < -0.4 is 5.32 Å². The van der Waals surface area contributed by atoms with Crippen LogP contribution in [0.2, 0.25) is 0 Å². The summed E-state index contributed by atoms with van der Waals surface area (Å²) in [6.07, 6.45) is -3.39. The molecular weight excluding hydrogens is 311 g/mol. The molecule has 7 heteroatoms. The summed E-state index contributed by atoms with van der Waals surface area (Å²) in [5.41, 5.74) is -0.966. The average Bonchev–Trinajstić information content (AvgIpc) is 2.45. The fourth-order valence-corrected chi connectivity index (χ4v) is 1.35. The lowest BCUT2D eigenvalue weighted by Crippen LogP contribution is -2.26. The predicted molar refractivity (Wildman–Crippen MR) is 74.5 cm³/mol. The van der Waals surface area contributed by atoms with Crippen LogP contribution in [-0.4, -0.2) is 18.5 Å². The Labute approximate surface area is 131 Å². The second-order valence-electron chi connectivity index (χ2n) is 4.14. The van der Waals surface area contributed by atoms with Gasteiger partial charge in [-0.1, -0.05) is 24.0 Å². The highest BCUT2D eigenvalue weighted by Gasteiger charge is 2.30. The van der Waals surface area contributed by atoms with E-state index in [1.807, 2.05) is 6.07 Å². The van der Waals surface area contributed by atoms with Crippen LogP contribution in [0, 0.1) is 24.0 Å². The van der Waals surface area contributed by atoms with E-state index in [9.17, 15) is 22.8 Å². The van der Waals surface area contributed by atoms with Crippen molar-refractivity contribution in [3.63, 3.8) is 0 Å². The number of alkyl halides is 3. The average molecular weight is 323 g/mol. The van der Waals surface area contributed by atoms with Gasteiger partial charge in [-0.25, -0.2) is 4.79 Å². The number of amides is 1. The maximum absolute atomic E-state index is 12.4. The van der Waals surface area contributed by atoms with Crippen LogP contribution in [0.3, 0.4) is 0 Å². The largest absolute Gasteiger partial charge is 0.461 e. The minimum Gasteiger partial charge on any atom is -0.461 e. The molecule has 0 atom stereocenters. The lowest BCUT2D eigenvalue weighted by Gasteiger charge is -2.05. The van der Waals surface area contributed by atoms with Crippen molar-refractivity contribution >= 4 is 11.9 Å². The van der Waals surface area contributed by atoms with Crippen molar-refractivity contribution in [2.45, 2.75) is 20.0 Å². The first-order chi connectivity index (χ1) is 10.7. The number of carbonyl (C=O) groups is 2. The number of hydrogen-bond donors (Lipinski definition) is 1. The van der Waals surface area contributed by atoms with Crippen molar-refractivity contribution in [1.82, 2.24) is 5.32 Å². The van der Waals surface area contributed by atoms with Gasteiger partial charge in [0.2, 0.25) is 5.91 Å². The quantitative estimate of drug-likeness (QED) is 0.527. The van der Waals surface area contributed by atoms with Crippen LogP contribution in [0.1, 0.15) is 25.0 Å². The van der Waals surface area contributed by atoms with Gasteiger partial charge in [-0.3, -0.25) is 4.79 Å². The second-order valence-corrected chi connectivity index (χ2v) is 4.14. The molecule has 0 bridgehead atoms. The molecule has 0 saturated heterocycles. The fraction of sp³-hybridized carbons (Fsp3) is 0.250. The van der Waals surface area contributed by atoms with E-state index >= 15 is 0 Å². The van der Waals surface area contributed by atoms with E-state index < -0.39 is 23.6 Å². The molecule has 0 saturated carbocycles. The lowest BCUT2D eigenvalue weighted by molar-refractivity contribution is -0.140. The molecule has 0 aliphatic rings. The number of rotatable bonds is 3. The summed E-state index contributed by atoms with van der Waals surface area (Å²) in [6, 6.07) is 6.17. The molecule has 1 aromatic carbocycles. The smallest absolute Gasteiger partial charge is 0.424 e. The highest BCUT2D eigenvalue weighted by Crippen LogP contribution is 2.27. The molecule has 1 rings (SSSR count). The van der Waals surface area contributed by atoms with Crippen LogP contribution in [-0.2, 0) is 20.5 Å². The summed E-state index contributed by atoms with van der Waals surface area (Å²) in [6.45, 7) is 2.92. The van der Waals surface area contributed by atoms with Crippen molar-refractivity contribution in [2.75, 3.05) is 6.61 Å². The maximum Gasteiger partial charge on any atom is 0.424 e. The van der Waals surface area contributed by atoms with Crippen molar-refractivity contribution in [3.8, 4) is 11.8 Å². The van der Waals surface area contributed by atoms with E-state index in [2.05, 4.69) is 23.2 Å². The zero-order valence-electron chi connectivity index (χ0n) is 12.3. The molecule has 0 fully saturated rings. The van der Waals surface area contributed by atoms with Crippen LogP contribution in [0.25, 0.3) is 0 Å². The van der Waals surface area contributed by atoms with Crippen LogP contribution in [0.5, 0.6) is 0 Å². The van der Waals surface area contributed by atoms with Crippen LogP contribution in [0.15, 0.2) is 23.9 Å². The molecular formula is C16H12F3NO3. The maximum atomic E-state index is 12.4. The Balaban J connectivity index is 2.94. The minimum atomic E-state index is -4.50. The SMILES string of the molecule is CCOC(=O)/C(=C/C#Cc1c#cc(C(F)(F)F)cc1)NC(C)=O. The Bertz CT molecular complexity index is 665. The first-order valence-corrected chi connectivity index (χ1v) is 6.41. The molecule has 0 aliphatic heterocycles. The third-order valence-corrected chi connectivity index (χ3v) is 2.28. The monoisotopic (exact) mass is 323 g/mol. The predicted octanol–water partition coefficient (Wildman–Crippen LogP) is 2.24. The van der Waals surface area contributed by atoms with E-state index in [4.69, 9.17) is 4.74 Å². The fourth-order valence-electron chi connectivity index (χ4n) is 1.35. The number of ether oxygens (including phenoxy) is 1. The minimum absolute atomic E-state index is 0.116. The first-order valence-electron chi connectivity index (χ1n) is 6.41. The highest BCUT2D eigenvalue weighted by molar-refractivity contribution is 5.93. The molecule has 0 unspecified atom stereocenters. The van der Waals surface area contributed by atoms with Gasteiger partial charge in [0.1, 0.15) is 11.3 Å². The Morgan fingerprint density at radius 2 is 2.04 bits per heavy atom. The Kier molecular flexibility index (Phi) is 6.23. The van der Waals surface area contributed by atoms with Gasteiger partial charge in [0.25, 0.3) is 0 Å². The number of carbonyl (C=O) groups excluding carboxylic acids is 2. The summed E-state index contributed by atoms with van der Waals surface area (Å²) >= 11 is 0. The van der Waals surface area contributed by atoms with Crippen LogP contribution in [0.4, 0.5) is 13.2 Å². The van der Waals surface area contributed by atoms with Crippen molar-refractivity contribution in [2.24, 2.45) is 0 Å². The molecule has 1 amide bonds. The van der Waals surface area contributed by atoms with Gasteiger partial charge in [-0.05, 0) is 19.1 Å². The summed E-state index contributed by atoms with van der Waals surface area (Å²) in [7, 11) is 0. The third kappa shape index (κ3) is 6.15. The van der Waals surface area contributed by atoms with Crippen molar-refractivity contribution in [1.29, 1.82) is 0 Å². The zero-order chi connectivity index (χ0) is 17.5. The molecule has 1 aromatic rings. The van der Waals surface area contributed by atoms with E-state index in [0.717, 1.165) is 18.2 Å². The summed E-state index contributed by atoms with van der Waals surface area (Å²) in [5.74, 6) is 3.68. The topological polar surface area (TPSA) is 55.4 Å². The molecule has 0 spiro atoms. The highest BCUT2D eigenvalue weighted by atomic mass is 19.4. The third-order valence-electron chi connectivity index (χ3n) is 2.28. The zero-order valence-corrected chi connectivity index (χ0v) is 12.3. The number of halogens is 3. The number of hydrogen-bond acceptors (Lipinski definition) is 3. The Morgan fingerprint density at radius 3 is 2.52 bits per heavy atom. The molecule has 4 nitrogen and oxygen atoms in total. The molecule has 1 N–H and O–H groups in total. The molecule has 0 radical (unpaired) electrons. The van der Waals surface area contributed by atoms with Gasteiger partial charge in [-0.15, -0.1) is 0 Å². The van der Waals surface area contributed by atoms with Gasteiger partial charge >= 0.3 is 12.1 Å². The lowest BCUT2D eigenvalue weighted by atomic mass is 10.2. The number of nitrogens with one attached hydrogen (secondary N) is 1. The Morgan fingerprint density at radius 1 is 1.35 bits per heavy atom. The molecule has 0 aromatic heterocycles. The summed E-state index contributed by atoms with van der Waals surface area (Å²) < 4.78 is 41.8. The van der Waals surface area contributed by atoms with Gasteiger partial charge in [0, 0.05) is 13.0 Å². The van der Waals surface area contributed by atoms with E-state index in [-0.39, 0.29) is 17.9 Å². The van der Waals surface area contributed by atoms with Crippen LogP contribution >= 0.6 is 0 Å². The molecule has 0 aliphatic carbocycles. The summed E-state index contributed by atoms with van der Waals surface area (Å²) in [4.78, 5) is 22.6. The Hall–Kier alpha value is -2.93.